The van der Waals surface area contributed by atoms with Crippen molar-refractivity contribution in [2.45, 2.75) is 6.92 Å². The van der Waals surface area contributed by atoms with Gasteiger partial charge in [-0.15, -0.1) is 0 Å². The summed E-state index contributed by atoms with van der Waals surface area (Å²) in [4.78, 5) is 51.2. The summed E-state index contributed by atoms with van der Waals surface area (Å²) in [6, 6.07) is 17.3. The maximum absolute atomic E-state index is 12.7. The van der Waals surface area contributed by atoms with Gasteiger partial charge < -0.3 is 0 Å². The number of aromatic nitrogens is 5. The Hall–Kier alpha value is -4.99. The second-order valence-corrected chi connectivity index (χ2v) is 7.92. The Balaban J connectivity index is 1.92. The number of nitro groups is 1. The molecule has 0 atom stereocenters. The number of aryl methyl sites for hydroxylation is 1. The number of nitrogens with zero attached hydrogens (tertiary/aromatic N) is 5. The zero-order chi connectivity index (χ0) is 23.6. The SMILES string of the molecule is Cc1ccc2nc3cc([N+](=O)[O-])ccc3c(-n3c4nc(=O)[nH]c(=O)c-4nc4ccccc43)c2c1. The average Bonchev–Trinajstić information content (AvgIpc) is 2.81. The fraction of sp³-hybridized carbons (Fsp3) is 0.0417. The first-order chi connectivity index (χ1) is 16.4. The zero-order valence-corrected chi connectivity index (χ0v) is 17.6. The van der Waals surface area contributed by atoms with Gasteiger partial charge >= 0.3 is 5.69 Å². The van der Waals surface area contributed by atoms with Crippen LogP contribution >= 0.6 is 0 Å². The molecule has 0 amide bonds. The number of aromatic amines is 1. The molecule has 3 heterocycles. The van der Waals surface area contributed by atoms with Crippen LogP contribution in [0.5, 0.6) is 0 Å². The van der Waals surface area contributed by atoms with Crippen LogP contribution in [0.15, 0.2) is 70.3 Å². The molecular formula is C24H14N6O4. The highest BCUT2D eigenvalue weighted by Gasteiger charge is 2.23. The minimum absolute atomic E-state index is 0.00553. The number of nitro benzene ring substituents is 1. The third kappa shape index (κ3) is 2.85. The van der Waals surface area contributed by atoms with Crippen molar-refractivity contribution < 1.29 is 4.92 Å². The summed E-state index contributed by atoms with van der Waals surface area (Å²) in [5, 5.41) is 12.7. The first kappa shape index (κ1) is 19.7. The molecule has 0 aliphatic carbocycles. The molecule has 0 saturated carbocycles. The minimum Gasteiger partial charge on any atom is -0.289 e. The molecule has 34 heavy (non-hydrogen) atoms. The van der Waals surface area contributed by atoms with Gasteiger partial charge in [0.15, 0.2) is 11.5 Å². The van der Waals surface area contributed by atoms with Crippen molar-refractivity contribution in [1.29, 1.82) is 0 Å². The van der Waals surface area contributed by atoms with E-state index < -0.39 is 16.2 Å². The van der Waals surface area contributed by atoms with Gasteiger partial charge in [-0.25, -0.2) is 14.8 Å². The number of nitrogens with one attached hydrogen (secondary N) is 1. The van der Waals surface area contributed by atoms with E-state index in [1.54, 1.807) is 22.8 Å². The van der Waals surface area contributed by atoms with Gasteiger partial charge in [0.1, 0.15) is 0 Å². The van der Waals surface area contributed by atoms with Crippen LogP contribution in [-0.2, 0) is 0 Å². The number of hydrogen-bond donors (Lipinski definition) is 1. The van der Waals surface area contributed by atoms with Crippen molar-refractivity contribution in [2.24, 2.45) is 0 Å². The number of rotatable bonds is 2. The zero-order valence-electron chi connectivity index (χ0n) is 17.6. The topological polar surface area (TPSA) is 137 Å². The summed E-state index contributed by atoms with van der Waals surface area (Å²) in [7, 11) is 0. The summed E-state index contributed by atoms with van der Waals surface area (Å²) >= 11 is 0. The third-order valence-corrected chi connectivity index (χ3v) is 5.74. The number of para-hydroxylation sites is 2. The van der Waals surface area contributed by atoms with Crippen LogP contribution in [0.25, 0.3) is 50.0 Å². The number of non-ortho nitro benzene ring substituents is 1. The fourth-order valence-electron chi connectivity index (χ4n) is 4.28. The first-order valence-corrected chi connectivity index (χ1v) is 10.3. The molecule has 0 radical (unpaired) electrons. The molecule has 0 spiro atoms. The molecule has 0 bridgehead atoms. The third-order valence-electron chi connectivity index (χ3n) is 5.74. The van der Waals surface area contributed by atoms with E-state index in [2.05, 4.69) is 19.9 Å². The number of benzene rings is 3. The van der Waals surface area contributed by atoms with E-state index in [-0.39, 0.29) is 17.2 Å². The predicted octanol–water partition coefficient (Wildman–Crippen LogP) is 3.49. The van der Waals surface area contributed by atoms with E-state index in [0.29, 0.717) is 33.1 Å². The van der Waals surface area contributed by atoms with Crippen molar-refractivity contribution in [3.63, 3.8) is 0 Å². The second kappa shape index (κ2) is 7.01. The van der Waals surface area contributed by atoms with Crippen LogP contribution in [0.1, 0.15) is 5.56 Å². The van der Waals surface area contributed by atoms with Crippen LogP contribution in [0.2, 0.25) is 0 Å². The molecular weight excluding hydrogens is 436 g/mol. The molecule has 6 rings (SSSR count). The predicted molar refractivity (Wildman–Crippen MR) is 127 cm³/mol. The highest BCUT2D eigenvalue weighted by atomic mass is 16.6. The Labute approximate surface area is 189 Å². The molecule has 0 saturated heterocycles. The van der Waals surface area contributed by atoms with E-state index in [4.69, 9.17) is 0 Å². The van der Waals surface area contributed by atoms with Crippen LogP contribution in [0.3, 0.4) is 0 Å². The molecule has 164 valence electrons. The van der Waals surface area contributed by atoms with Crippen molar-refractivity contribution in [1.82, 2.24) is 24.5 Å². The maximum Gasteiger partial charge on any atom is 0.349 e. The van der Waals surface area contributed by atoms with Crippen molar-refractivity contribution >= 4 is 38.5 Å². The lowest BCUT2D eigenvalue weighted by molar-refractivity contribution is -0.384. The Bertz CT molecular complexity index is 1910. The minimum atomic E-state index is -0.794. The molecule has 10 heteroatoms. The quantitative estimate of drug-likeness (QED) is 0.242. The summed E-state index contributed by atoms with van der Waals surface area (Å²) < 4.78 is 1.71. The summed E-state index contributed by atoms with van der Waals surface area (Å²) in [6.07, 6.45) is 0. The summed E-state index contributed by atoms with van der Waals surface area (Å²) in [5.74, 6) is 0.0844. The van der Waals surface area contributed by atoms with Gasteiger partial charge in [-0.05, 0) is 37.3 Å². The Morgan fingerprint density at radius 3 is 2.53 bits per heavy atom. The van der Waals surface area contributed by atoms with E-state index in [1.165, 1.54) is 12.1 Å². The van der Waals surface area contributed by atoms with E-state index >= 15 is 0 Å². The number of fused-ring (bicyclic) bond motifs is 4. The van der Waals surface area contributed by atoms with Gasteiger partial charge in [0.25, 0.3) is 11.2 Å². The smallest absolute Gasteiger partial charge is 0.289 e. The largest absolute Gasteiger partial charge is 0.349 e. The highest BCUT2D eigenvalue weighted by Crippen LogP contribution is 2.36. The fourth-order valence-corrected chi connectivity index (χ4v) is 4.28. The highest BCUT2D eigenvalue weighted by molar-refractivity contribution is 6.05. The lowest BCUT2D eigenvalue weighted by atomic mass is 10.0. The molecule has 2 aliphatic rings. The van der Waals surface area contributed by atoms with Crippen molar-refractivity contribution in [2.75, 3.05) is 0 Å². The van der Waals surface area contributed by atoms with Gasteiger partial charge in [0.2, 0.25) is 0 Å². The van der Waals surface area contributed by atoms with E-state index in [1.807, 2.05) is 37.3 Å². The van der Waals surface area contributed by atoms with Crippen LogP contribution in [0, 0.1) is 17.0 Å². The molecule has 10 nitrogen and oxygen atoms in total. The van der Waals surface area contributed by atoms with E-state index in [9.17, 15) is 19.7 Å². The Morgan fingerprint density at radius 2 is 1.71 bits per heavy atom. The van der Waals surface area contributed by atoms with E-state index in [0.717, 1.165) is 10.9 Å². The molecule has 3 aromatic carbocycles. The lowest BCUT2D eigenvalue weighted by Gasteiger charge is -2.20. The van der Waals surface area contributed by atoms with Gasteiger partial charge in [-0.3, -0.25) is 24.5 Å². The Kier molecular flexibility index (Phi) is 4.05. The van der Waals surface area contributed by atoms with Crippen molar-refractivity contribution in [3.05, 3.63) is 97.2 Å². The number of pyridine rings is 1. The Morgan fingerprint density at radius 1 is 0.882 bits per heavy atom. The molecule has 2 aliphatic heterocycles. The van der Waals surface area contributed by atoms with Crippen molar-refractivity contribution in [3.8, 4) is 17.2 Å². The van der Waals surface area contributed by atoms with Gasteiger partial charge in [-0.1, -0.05) is 23.8 Å². The second-order valence-electron chi connectivity index (χ2n) is 7.92. The molecule has 1 N–H and O–H groups in total. The average molecular weight is 450 g/mol. The lowest BCUT2D eigenvalue weighted by Crippen LogP contribution is -2.28. The van der Waals surface area contributed by atoms with Gasteiger partial charge in [0.05, 0.1) is 32.7 Å². The van der Waals surface area contributed by atoms with Gasteiger partial charge in [0, 0.05) is 22.9 Å². The normalized spacial score (nSPS) is 11.6. The number of hydrogen-bond acceptors (Lipinski definition) is 7. The molecule has 1 aromatic heterocycles. The standard InChI is InChI=1S/C24H14N6O4/c1-12-6-9-16-15(10-12)21(14-8-7-13(30(33)34)11-18(14)25-16)29-19-5-3-2-4-17(19)26-20-22(29)27-24(32)28-23(20)31/h2-11H,1H3,(H,28,31,32). The van der Waals surface area contributed by atoms with Gasteiger partial charge in [-0.2, -0.15) is 4.98 Å². The van der Waals surface area contributed by atoms with Crippen LogP contribution < -0.4 is 11.2 Å². The summed E-state index contributed by atoms with van der Waals surface area (Å²) in [6.45, 7) is 1.94. The monoisotopic (exact) mass is 450 g/mol. The first-order valence-electron chi connectivity index (χ1n) is 10.3. The molecule has 0 unspecified atom stereocenters. The van der Waals surface area contributed by atoms with Crippen LogP contribution in [0.4, 0.5) is 5.69 Å². The number of H-pyrrole nitrogens is 1. The maximum atomic E-state index is 12.7. The summed E-state index contributed by atoms with van der Waals surface area (Å²) in [5.41, 5.74) is 2.16. The molecule has 0 fully saturated rings. The molecule has 4 aromatic rings. The van der Waals surface area contributed by atoms with Crippen LogP contribution in [-0.4, -0.2) is 29.4 Å².